The Hall–Kier alpha value is -2.91. The molecule has 0 fully saturated rings. The molecule has 10 nitrogen and oxygen atoms in total. The zero-order valence-electron chi connectivity index (χ0n) is 13.9. The first kappa shape index (κ1) is 17.4. The zero-order chi connectivity index (χ0) is 17.7. The molecule has 10 heteroatoms. The summed E-state index contributed by atoms with van der Waals surface area (Å²) in [4.78, 5) is 24.0. The van der Waals surface area contributed by atoms with E-state index < -0.39 is 4.92 Å². The van der Waals surface area contributed by atoms with Gasteiger partial charge in [0.2, 0.25) is 5.91 Å². The fraction of sp³-hybridized carbons (Fsp3) is 0.500. The van der Waals surface area contributed by atoms with Crippen molar-refractivity contribution in [1.29, 1.82) is 0 Å². The molecule has 0 bridgehead atoms. The molecule has 0 saturated carbocycles. The molecule has 0 atom stereocenters. The summed E-state index contributed by atoms with van der Waals surface area (Å²) in [6, 6.07) is 1.87. The quantitative estimate of drug-likeness (QED) is 0.527. The van der Waals surface area contributed by atoms with E-state index in [0.717, 1.165) is 12.2 Å². The van der Waals surface area contributed by atoms with Crippen molar-refractivity contribution in [2.75, 3.05) is 14.2 Å². The summed E-state index contributed by atoms with van der Waals surface area (Å²) in [5, 5.41) is 19.1. The number of nitrogens with zero attached hydrogens (tertiary/aromatic N) is 6. The molecule has 0 saturated heterocycles. The van der Waals surface area contributed by atoms with Gasteiger partial charge in [0.15, 0.2) is 0 Å². The van der Waals surface area contributed by atoms with Crippen LogP contribution in [0.1, 0.15) is 19.0 Å². The minimum absolute atomic E-state index is 0.0640. The summed E-state index contributed by atoms with van der Waals surface area (Å²) < 4.78 is 7.99. The Bertz CT molecular complexity index is 723. The molecule has 24 heavy (non-hydrogen) atoms. The maximum absolute atomic E-state index is 12.2. The molecule has 2 heterocycles. The van der Waals surface area contributed by atoms with Crippen molar-refractivity contribution >= 4 is 11.6 Å². The van der Waals surface area contributed by atoms with Crippen molar-refractivity contribution < 1.29 is 14.5 Å². The van der Waals surface area contributed by atoms with Crippen molar-refractivity contribution in [1.82, 2.24) is 24.5 Å². The van der Waals surface area contributed by atoms with Gasteiger partial charge >= 0.3 is 11.6 Å². The van der Waals surface area contributed by atoms with E-state index in [-0.39, 0.29) is 30.4 Å². The molecule has 2 aromatic rings. The number of ether oxygens (including phenoxy) is 1. The summed E-state index contributed by atoms with van der Waals surface area (Å²) >= 11 is 0. The first-order chi connectivity index (χ1) is 11.4. The van der Waals surface area contributed by atoms with Crippen LogP contribution in [0.15, 0.2) is 18.5 Å². The Labute approximate surface area is 138 Å². The Kier molecular flexibility index (Phi) is 5.51. The third kappa shape index (κ3) is 4.09. The smallest absolute Gasteiger partial charge is 0.350 e. The van der Waals surface area contributed by atoms with E-state index in [0.29, 0.717) is 6.54 Å². The van der Waals surface area contributed by atoms with E-state index in [4.69, 9.17) is 4.74 Å². The summed E-state index contributed by atoms with van der Waals surface area (Å²) in [6.45, 7) is 3.41. The molecule has 1 amide bonds. The highest BCUT2D eigenvalue weighted by Crippen LogP contribution is 2.24. The molecular weight excluding hydrogens is 316 g/mol. The van der Waals surface area contributed by atoms with E-state index in [2.05, 4.69) is 10.2 Å². The number of hydrogen-bond acceptors (Lipinski definition) is 6. The highest BCUT2D eigenvalue weighted by Gasteiger charge is 2.20. The summed E-state index contributed by atoms with van der Waals surface area (Å²) in [7, 11) is 3.01. The van der Waals surface area contributed by atoms with Crippen LogP contribution in [0.5, 0.6) is 5.88 Å². The van der Waals surface area contributed by atoms with Crippen molar-refractivity contribution in [2.24, 2.45) is 0 Å². The molecule has 0 aliphatic carbocycles. The van der Waals surface area contributed by atoms with Crippen LogP contribution in [0.2, 0.25) is 0 Å². The van der Waals surface area contributed by atoms with E-state index >= 15 is 0 Å². The molecular formula is C14H20N6O4. The third-order valence-corrected chi connectivity index (χ3v) is 3.50. The van der Waals surface area contributed by atoms with Crippen LogP contribution in [0.4, 0.5) is 5.69 Å². The first-order valence-electron chi connectivity index (χ1n) is 7.46. The van der Waals surface area contributed by atoms with Gasteiger partial charge in [-0.15, -0.1) is 5.10 Å². The zero-order valence-corrected chi connectivity index (χ0v) is 13.9. The minimum Gasteiger partial charge on any atom is -0.475 e. The summed E-state index contributed by atoms with van der Waals surface area (Å²) in [6.07, 6.45) is 3.30. The van der Waals surface area contributed by atoms with Gasteiger partial charge in [-0.2, -0.15) is 5.10 Å². The predicted molar refractivity (Wildman–Crippen MR) is 84.4 cm³/mol. The molecule has 2 aromatic heterocycles. The van der Waals surface area contributed by atoms with Gasteiger partial charge in [-0.3, -0.25) is 24.3 Å². The monoisotopic (exact) mass is 336 g/mol. The lowest BCUT2D eigenvalue weighted by atomic mass is 10.3. The second-order valence-corrected chi connectivity index (χ2v) is 5.21. The van der Waals surface area contributed by atoms with Crippen LogP contribution >= 0.6 is 0 Å². The number of aryl methyl sites for hydroxylation is 2. The molecule has 0 spiro atoms. The van der Waals surface area contributed by atoms with Gasteiger partial charge in [0.05, 0.1) is 30.8 Å². The molecule has 130 valence electrons. The van der Waals surface area contributed by atoms with Gasteiger partial charge in [-0.25, -0.2) is 0 Å². The van der Waals surface area contributed by atoms with Crippen molar-refractivity contribution in [3.05, 3.63) is 34.3 Å². The van der Waals surface area contributed by atoms with Crippen molar-refractivity contribution in [3.63, 3.8) is 0 Å². The average Bonchev–Trinajstić information content (AvgIpc) is 3.18. The molecule has 0 aliphatic rings. The van der Waals surface area contributed by atoms with Crippen LogP contribution in [-0.2, 0) is 24.4 Å². The molecule has 0 aromatic carbocycles. The van der Waals surface area contributed by atoms with Crippen LogP contribution in [0.3, 0.4) is 0 Å². The molecule has 0 unspecified atom stereocenters. The Morgan fingerprint density at radius 2 is 2.17 bits per heavy atom. The predicted octanol–water partition coefficient (Wildman–Crippen LogP) is 1.06. The maximum atomic E-state index is 12.2. The van der Waals surface area contributed by atoms with E-state index in [1.54, 1.807) is 16.6 Å². The first-order valence-corrected chi connectivity index (χ1v) is 7.46. The fourth-order valence-electron chi connectivity index (χ4n) is 2.17. The van der Waals surface area contributed by atoms with Gasteiger partial charge in [0, 0.05) is 26.2 Å². The van der Waals surface area contributed by atoms with Crippen LogP contribution in [0.25, 0.3) is 0 Å². The van der Waals surface area contributed by atoms with Crippen molar-refractivity contribution in [3.8, 4) is 5.88 Å². The number of aromatic nitrogens is 4. The molecule has 2 rings (SSSR count). The topological polar surface area (TPSA) is 108 Å². The van der Waals surface area contributed by atoms with E-state index in [1.807, 2.05) is 19.2 Å². The highest BCUT2D eigenvalue weighted by atomic mass is 16.6. The van der Waals surface area contributed by atoms with E-state index in [9.17, 15) is 14.9 Å². The van der Waals surface area contributed by atoms with Gasteiger partial charge in [-0.1, -0.05) is 0 Å². The highest BCUT2D eigenvalue weighted by molar-refractivity contribution is 5.75. The third-order valence-electron chi connectivity index (χ3n) is 3.50. The minimum atomic E-state index is -0.569. The normalized spacial score (nSPS) is 10.6. The Morgan fingerprint density at radius 3 is 2.71 bits per heavy atom. The Balaban J connectivity index is 1.91. The van der Waals surface area contributed by atoms with Crippen LogP contribution in [0, 0.1) is 10.1 Å². The number of carbonyl (C=O) groups excluding carboxylic acids is 1. The Morgan fingerprint density at radius 1 is 1.42 bits per heavy atom. The average molecular weight is 336 g/mol. The second kappa shape index (κ2) is 7.57. The fourth-order valence-corrected chi connectivity index (χ4v) is 2.17. The molecule has 0 radical (unpaired) electrons. The van der Waals surface area contributed by atoms with Gasteiger partial charge in [0.1, 0.15) is 6.20 Å². The number of amides is 1. The number of carbonyl (C=O) groups is 1. The maximum Gasteiger partial charge on any atom is 0.350 e. The SMILES string of the molecule is CCn1ccc(CN(C)C(=O)CCn2cc([N+](=O)[O-])c(OC)n2)n1. The van der Waals surface area contributed by atoms with Gasteiger partial charge < -0.3 is 9.64 Å². The molecule has 0 aliphatic heterocycles. The van der Waals surface area contributed by atoms with Gasteiger partial charge in [-0.05, 0) is 13.0 Å². The van der Waals surface area contributed by atoms with Crippen LogP contribution < -0.4 is 4.74 Å². The van der Waals surface area contributed by atoms with Gasteiger partial charge in [0.25, 0.3) is 0 Å². The molecule has 0 N–H and O–H groups in total. The number of rotatable bonds is 8. The number of nitro groups is 1. The lowest BCUT2D eigenvalue weighted by Gasteiger charge is -2.15. The van der Waals surface area contributed by atoms with Crippen molar-refractivity contribution in [2.45, 2.75) is 33.0 Å². The standard InChI is InChI=1S/C14H20N6O4/c1-4-18-7-5-11(15-18)9-17(2)13(21)6-8-19-10-12(20(22)23)14(16-19)24-3/h5,7,10H,4,6,8-9H2,1-3H3. The summed E-state index contributed by atoms with van der Waals surface area (Å²) in [5.41, 5.74) is 0.590. The number of methoxy groups -OCH3 is 1. The number of hydrogen-bond donors (Lipinski definition) is 0. The second-order valence-electron chi connectivity index (χ2n) is 5.21. The van der Waals surface area contributed by atoms with Crippen LogP contribution in [-0.4, -0.2) is 49.4 Å². The summed E-state index contributed by atoms with van der Waals surface area (Å²) in [5.74, 6) is -0.163. The van der Waals surface area contributed by atoms with E-state index in [1.165, 1.54) is 18.0 Å². The lowest BCUT2D eigenvalue weighted by molar-refractivity contribution is -0.385. The lowest BCUT2D eigenvalue weighted by Crippen LogP contribution is -2.27. The largest absolute Gasteiger partial charge is 0.475 e.